The summed E-state index contributed by atoms with van der Waals surface area (Å²) in [6.07, 6.45) is 0.571. The molecule has 1 aliphatic rings. The SMILES string of the molecule is CC(C)(C)OC(=O)CN1CCc2cc(C(=O)Cl)ccc2C1=O. The Morgan fingerprint density at radius 2 is 2.00 bits per heavy atom. The van der Waals surface area contributed by atoms with Crippen molar-refractivity contribution in [3.63, 3.8) is 0 Å². The van der Waals surface area contributed by atoms with Crippen molar-refractivity contribution < 1.29 is 19.1 Å². The highest BCUT2D eigenvalue weighted by Gasteiger charge is 2.28. The molecule has 0 aliphatic carbocycles. The van der Waals surface area contributed by atoms with Crippen LogP contribution in [-0.4, -0.2) is 40.7 Å². The Balaban J connectivity index is 2.12. The molecule has 6 heteroatoms. The lowest BCUT2D eigenvalue weighted by Gasteiger charge is -2.29. The third-order valence-electron chi connectivity index (χ3n) is 3.24. The number of amides is 1. The van der Waals surface area contributed by atoms with Gasteiger partial charge in [-0.2, -0.15) is 0 Å². The standard InChI is InChI=1S/C16H18ClNO4/c1-16(2,3)22-13(19)9-18-7-6-10-8-11(14(17)20)4-5-12(10)15(18)21/h4-5,8H,6-7,9H2,1-3H3. The monoisotopic (exact) mass is 323 g/mol. The van der Waals surface area contributed by atoms with Crippen LogP contribution in [0.3, 0.4) is 0 Å². The second-order valence-corrected chi connectivity index (χ2v) is 6.55. The lowest BCUT2D eigenvalue weighted by atomic mass is 9.97. The van der Waals surface area contributed by atoms with E-state index in [0.717, 1.165) is 5.56 Å². The molecular formula is C16H18ClNO4. The number of ether oxygens (including phenoxy) is 1. The highest BCUT2D eigenvalue weighted by atomic mass is 35.5. The van der Waals surface area contributed by atoms with Gasteiger partial charge >= 0.3 is 5.97 Å². The summed E-state index contributed by atoms with van der Waals surface area (Å²) >= 11 is 5.45. The van der Waals surface area contributed by atoms with Crippen molar-refractivity contribution in [1.82, 2.24) is 4.90 Å². The number of rotatable bonds is 3. The number of esters is 1. The highest BCUT2D eigenvalue weighted by molar-refractivity contribution is 6.67. The van der Waals surface area contributed by atoms with Crippen molar-refractivity contribution in [2.45, 2.75) is 32.8 Å². The van der Waals surface area contributed by atoms with E-state index in [0.29, 0.717) is 24.1 Å². The molecule has 5 nitrogen and oxygen atoms in total. The van der Waals surface area contributed by atoms with Gasteiger partial charge in [0, 0.05) is 17.7 Å². The molecule has 0 spiro atoms. The number of benzene rings is 1. The number of halogens is 1. The van der Waals surface area contributed by atoms with Gasteiger partial charge < -0.3 is 9.64 Å². The molecule has 0 saturated carbocycles. The second-order valence-electron chi connectivity index (χ2n) is 6.21. The van der Waals surface area contributed by atoms with Gasteiger partial charge in [0.15, 0.2) is 0 Å². The van der Waals surface area contributed by atoms with Gasteiger partial charge in [0.1, 0.15) is 12.1 Å². The third kappa shape index (κ3) is 3.85. The van der Waals surface area contributed by atoms with Crippen molar-refractivity contribution in [2.75, 3.05) is 13.1 Å². The number of carbonyl (C=O) groups is 3. The van der Waals surface area contributed by atoms with Crippen LogP contribution >= 0.6 is 11.6 Å². The summed E-state index contributed by atoms with van der Waals surface area (Å²) < 4.78 is 5.23. The van der Waals surface area contributed by atoms with Crippen molar-refractivity contribution in [1.29, 1.82) is 0 Å². The molecule has 0 fully saturated rings. The van der Waals surface area contributed by atoms with Gasteiger partial charge in [-0.15, -0.1) is 0 Å². The lowest BCUT2D eigenvalue weighted by Crippen LogP contribution is -2.42. The first-order valence-corrected chi connectivity index (χ1v) is 7.39. The smallest absolute Gasteiger partial charge is 0.326 e. The molecule has 1 amide bonds. The Bertz CT molecular complexity index is 634. The molecule has 2 rings (SSSR count). The average molecular weight is 324 g/mol. The van der Waals surface area contributed by atoms with E-state index in [9.17, 15) is 14.4 Å². The average Bonchev–Trinajstić information content (AvgIpc) is 2.39. The minimum atomic E-state index is -0.580. The zero-order valence-electron chi connectivity index (χ0n) is 12.8. The number of hydrogen-bond acceptors (Lipinski definition) is 4. The van der Waals surface area contributed by atoms with Gasteiger partial charge in [0.2, 0.25) is 0 Å². The van der Waals surface area contributed by atoms with Crippen LogP contribution in [0.25, 0.3) is 0 Å². The molecule has 0 unspecified atom stereocenters. The van der Waals surface area contributed by atoms with E-state index in [1.165, 1.54) is 11.0 Å². The van der Waals surface area contributed by atoms with Crippen molar-refractivity contribution in [3.8, 4) is 0 Å². The van der Waals surface area contributed by atoms with Crippen LogP contribution in [0.4, 0.5) is 0 Å². The molecule has 0 aromatic heterocycles. The Labute approximate surface area is 134 Å². The quantitative estimate of drug-likeness (QED) is 0.633. The summed E-state index contributed by atoms with van der Waals surface area (Å²) in [5, 5.41) is -0.550. The van der Waals surface area contributed by atoms with E-state index in [2.05, 4.69) is 0 Å². The number of nitrogens with zero attached hydrogens (tertiary/aromatic N) is 1. The molecule has 0 atom stereocenters. The zero-order chi connectivity index (χ0) is 16.5. The molecule has 1 aromatic rings. The summed E-state index contributed by atoms with van der Waals surface area (Å²) in [5.41, 5.74) is 1.06. The van der Waals surface area contributed by atoms with E-state index in [-0.39, 0.29) is 12.5 Å². The fraction of sp³-hybridized carbons (Fsp3) is 0.438. The maximum absolute atomic E-state index is 12.4. The van der Waals surface area contributed by atoms with Crippen LogP contribution in [0.2, 0.25) is 0 Å². The normalized spacial score (nSPS) is 14.5. The minimum Gasteiger partial charge on any atom is -0.459 e. The molecule has 0 N–H and O–H groups in total. The summed E-state index contributed by atoms with van der Waals surface area (Å²) in [7, 11) is 0. The van der Waals surface area contributed by atoms with Crippen LogP contribution in [-0.2, 0) is 16.0 Å². The Hall–Kier alpha value is -1.88. The number of fused-ring (bicyclic) bond motifs is 1. The predicted octanol–water partition coefficient (Wildman–Crippen LogP) is 2.41. The Morgan fingerprint density at radius 1 is 1.32 bits per heavy atom. The van der Waals surface area contributed by atoms with E-state index in [1.807, 2.05) is 0 Å². The lowest BCUT2D eigenvalue weighted by molar-refractivity contribution is -0.155. The van der Waals surface area contributed by atoms with Crippen LogP contribution in [0.5, 0.6) is 0 Å². The van der Waals surface area contributed by atoms with Crippen molar-refractivity contribution >= 4 is 28.7 Å². The molecule has 0 bridgehead atoms. The van der Waals surface area contributed by atoms with E-state index in [4.69, 9.17) is 16.3 Å². The predicted molar refractivity (Wildman–Crippen MR) is 82.1 cm³/mol. The van der Waals surface area contributed by atoms with Gasteiger partial charge in [-0.05, 0) is 62.6 Å². The highest BCUT2D eigenvalue weighted by Crippen LogP contribution is 2.21. The van der Waals surface area contributed by atoms with Gasteiger partial charge in [-0.25, -0.2) is 0 Å². The number of carbonyl (C=O) groups excluding carboxylic acids is 3. The van der Waals surface area contributed by atoms with E-state index >= 15 is 0 Å². The third-order valence-corrected chi connectivity index (χ3v) is 3.46. The second kappa shape index (κ2) is 6.08. The molecule has 1 heterocycles. The van der Waals surface area contributed by atoms with E-state index in [1.54, 1.807) is 32.9 Å². The van der Waals surface area contributed by atoms with Gasteiger partial charge in [0.25, 0.3) is 11.1 Å². The van der Waals surface area contributed by atoms with Crippen molar-refractivity contribution in [3.05, 3.63) is 34.9 Å². The molecular weight excluding hydrogens is 306 g/mol. The van der Waals surface area contributed by atoms with Gasteiger partial charge in [-0.1, -0.05) is 0 Å². The molecule has 1 aromatic carbocycles. The largest absolute Gasteiger partial charge is 0.459 e. The first-order valence-electron chi connectivity index (χ1n) is 7.01. The molecule has 0 saturated heterocycles. The first-order chi connectivity index (χ1) is 10.2. The molecule has 22 heavy (non-hydrogen) atoms. The fourth-order valence-corrected chi connectivity index (χ4v) is 2.46. The summed E-state index contributed by atoms with van der Waals surface area (Å²) in [6.45, 7) is 5.67. The summed E-state index contributed by atoms with van der Waals surface area (Å²) in [6, 6.07) is 4.73. The summed E-state index contributed by atoms with van der Waals surface area (Å²) in [5.74, 6) is -0.669. The maximum atomic E-state index is 12.4. The first kappa shape index (κ1) is 16.5. The molecule has 0 radical (unpaired) electrons. The zero-order valence-corrected chi connectivity index (χ0v) is 13.6. The number of hydrogen-bond donors (Lipinski definition) is 0. The minimum absolute atomic E-state index is 0.0776. The Morgan fingerprint density at radius 3 is 2.59 bits per heavy atom. The molecule has 1 aliphatic heterocycles. The fourth-order valence-electron chi connectivity index (χ4n) is 2.34. The van der Waals surface area contributed by atoms with Crippen LogP contribution in [0.1, 0.15) is 47.1 Å². The topological polar surface area (TPSA) is 63.7 Å². The maximum Gasteiger partial charge on any atom is 0.326 e. The van der Waals surface area contributed by atoms with Crippen LogP contribution in [0, 0.1) is 0 Å². The van der Waals surface area contributed by atoms with Gasteiger partial charge in [-0.3, -0.25) is 14.4 Å². The van der Waals surface area contributed by atoms with Crippen LogP contribution < -0.4 is 0 Å². The van der Waals surface area contributed by atoms with Crippen molar-refractivity contribution in [2.24, 2.45) is 0 Å². The molecule has 118 valence electrons. The van der Waals surface area contributed by atoms with Gasteiger partial charge in [0.05, 0.1) is 0 Å². The summed E-state index contributed by atoms with van der Waals surface area (Å²) in [4.78, 5) is 36.9. The van der Waals surface area contributed by atoms with Crippen LogP contribution in [0.15, 0.2) is 18.2 Å². The van der Waals surface area contributed by atoms with E-state index < -0.39 is 16.8 Å². The Kier molecular flexibility index (Phi) is 4.56.